The quantitative estimate of drug-likeness (QED) is 0.527. The van der Waals surface area contributed by atoms with E-state index in [9.17, 15) is 0 Å². The Labute approximate surface area is 162 Å². The average Bonchev–Trinajstić information content (AvgIpc) is 2.66. The molecule has 3 saturated carbocycles. The maximum atomic E-state index is 2.65. The van der Waals surface area contributed by atoms with Gasteiger partial charge in [-0.2, -0.15) is 0 Å². The predicted octanol–water partition coefficient (Wildman–Crippen LogP) is 7.55. The van der Waals surface area contributed by atoms with Crippen LogP contribution in [0.4, 0.5) is 0 Å². The molecular weight excluding hydrogens is 312 g/mol. The molecule has 3 aliphatic rings. The van der Waals surface area contributed by atoms with E-state index < -0.39 is 0 Å². The Bertz CT molecular complexity index is 605. The largest absolute Gasteiger partial charge is 0.0619 e. The predicted molar refractivity (Wildman–Crippen MR) is 113 cm³/mol. The molecule has 0 N–H and O–H groups in total. The van der Waals surface area contributed by atoms with Crippen LogP contribution >= 0.6 is 0 Å². The Balaban J connectivity index is 1.71. The molecule has 0 heterocycles. The second-order valence-corrected chi connectivity index (χ2v) is 9.92. The van der Waals surface area contributed by atoms with Crippen molar-refractivity contribution in [3.05, 3.63) is 34.9 Å². The lowest BCUT2D eigenvalue weighted by Gasteiger charge is -2.63. The zero-order valence-corrected chi connectivity index (χ0v) is 17.7. The molecule has 3 aliphatic carbocycles. The first-order valence-corrected chi connectivity index (χ1v) is 11.7. The molecule has 0 saturated heterocycles. The van der Waals surface area contributed by atoms with Crippen LogP contribution in [0.25, 0.3) is 0 Å². The number of hydrogen-bond donors (Lipinski definition) is 0. The first-order valence-electron chi connectivity index (χ1n) is 11.7. The summed E-state index contributed by atoms with van der Waals surface area (Å²) in [7, 11) is 0. The van der Waals surface area contributed by atoms with E-state index in [-0.39, 0.29) is 0 Å². The van der Waals surface area contributed by atoms with E-state index in [0.717, 1.165) is 29.6 Å². The van der Waals surface area contributed by atoms with Gasteiger partial charge in [0.2, 0.25) is 0 Å². The van der Waals surface area contributed by atoms with Crippen LogP contribution in [-0.2, 0) is 12.8 Å². The van der Waals surface area contributed by atoms with Crippen molar-refractivity contribution in [3.8, 4) is 0 Å². The van der Waals surface area contributed by atoms with Crippen molar-refractivity contribution >= 4 is 0 Å². The average molecular weight is 353 g/mol. The highest BCUT2D eigenvalue weighted by Gasteiger charge is 2.57. The second kappa shape index (κ2) is 7.33. The van der Waals surface area contributed by atoms with Gasteiger partial charge in [-0.15, -0.1) is 0 Å². The van der Waals surface area contributed by atoms with Crippen LogP contribution in [0.1, 0.15) is 102 Å². The van der Waals surface area contributed by atoms with E-state index in [1.54, 1.807) is 16.7 Å². The van der Waals surface area contributed by atoms with Gasteiger partial charge in [-0.25, -0.2) is 0 Å². The standard InChI is InChI=1S/C26H40/c1-5-20-11-8-12-21(6-2)25(20)22-16-19(4)26-18(3)10-7-13-23(26)14-9-15-24(26)17-22/h8,11-12,18-19,22-24H,5-7,9-10,13-17H2,1-4H3/t18?,19-,22+,23?,24+,26?/m0/s1. The number of aryl methyl sites for hydroxylation is 2. The molecule has 0 nitrogen and oxygen atoms in total. The maximum Gasteiger partial charge on any atom is -0.0151 e. The summed E-state index contributed by atoms with van der Waals surface area (Å²) in [5.41, 5.74) is 5.73. The fourth-order valence-corrected chi connectivity index (χ4v) is 8.29. The minimum Gasteiger partial charge on any atom is -0.0619 e. The minimum atomic E-state index is 0.681. The van der Waals surface area contributed by atoms with E-state index >= 15 is 0 Å². The summed E-state index contributed by atoms with van der Waals surface area (Å²) < 4.78 is 0. The molecule has 0 radical (unpaired) electrons. The number of hydrogen-bond acceptors (Lipinski definition) is 0. The van der Waals surface area contributed by atoms with Gasteiger partial charge in [-0.1, -0.05) is 65.2 Å². The van der Waals surface area contributed by atoms with Crippen molar-refractivity contribution in [2.24, 2.45) is 29.1 Å². The highest BCUT2D eigenvalue weighted by atomic mass is 14.6. The SMILES string of the molecule is CCc1cccc(CC)c1[C@H]1C[C@H]2CCCC3CCCC(C)C32[C@@H](C)C1. The van der Waals surface area contributed by atoms with E-state index in [1.807, 2.05) is 0 Å². The Morgan fingerprint density at radius 3 is 2.08 bits per heavy atom. The summed E-state index contributed by atoms with van der Waals surface area (Å²) >= 11 is 0. The van der Waals surface area contributed by atoms with E-state index in [2.05, 4.69) is 45.9 Å². The molecule has 0 amide bonds. The summed E-state index contributed by atoms with van der Waals surface area (Å²) in [5.74, 6) is 4.70. The van der Waals surface area contributed by atoms with Gasteiger partial charge >= 0.3 is 0 Å². The molecule has 0 heteroatoms. The molecule has 6 atom stereocenters. The molecule has 0 aliphatic heterocycles. The molecule has 3 unspecified atom stereocenters. The maximum absolute atomic E-state index is 2.65. The summed E-state index contributed by atoms with van der Waals surface area (Å²) in [6, 6.07) is 7.13. The van der Waals surface area contributed by atoms with Gasteiger partial charge in [0.1, 0.15) is 0 Å². The van der Waals surface area contributed by atoms with E-state index in [0.29, 0.717) is 5.41 Å². The fraction of sp³-hybridized carbons (Fsp3) is 0.769. The molecule has 1 spiro atoms. The first-order chi connectivity index (χ1) is 12.6. The third-order valence-electron chi connectivity index (χ3n) is 9.08. The summed E-state index contributed by atoms with van der Waals surface area (Å²) in [6.45, 7) is 9.98. The Kier molecular flexibility index (Phi) is 5.23. The molecule has 1 aromatic carbocycles. The van der Waals surface area contributed by atoms with Gasteiger partial charge in [0.15, 0.2) is 0 Å². The zero-order chi connectivity index (χ0) is 18.3. The van der Waals surface area contributed by atoms with Crippen LogP contribution in [0.2, 0.25) is 0 Å². The molecule has 4 rings (SSSR count). The monoisotopic (exact) mass is 352 g/mol. The third kappa shape index (κ3) is 2.70. The number of rotatable bonds is 3. The molecule has 3 fully saturated rings. The summed E-state index contributed by atoms with van der Waals surface area (Å²) in [5, 5.41) is 0. The normalized spacial score (nSPS) is 39.9. The highest BCUT2D eigenvalue weighted by molar-refractivity contribution is 5.39. The lowest BCUT2D eigenvalue weighted by atomic mass is 9.42. The number of benzene rings is 1. The molecule has 26 heavy (non-hydrogen) atoms. The zero-order valence-electron chi connectivity index (χ0n) is 17.7. The van der Waals surface area contributed by atoms with Crippen molar-refractivity contribution in [2.45, 2.75) is 97.8 Å². The molecule has 0 bridgehead atoms. The van der Waals surface area contributed by atoms with Gasteiger partial charge in [0, 0.05) is 0 Å². The van der Waals surface area contributed by atoms with Gasteiger partial charge in [-0.05, 0) is 96.6 Å². The van der Waals surface area contributed by atoms with Gasteiger partial charge in [-0.3, -0.25) is 0 Å². The van der Waals surface area contributed by atoms with Crippen LogP contribution in [0.3, 0.4) is 0 Å². The summed E-state index contributed by atoms with van der Waals surface area (Å²) in [6.07, 6.45) is 14.4. The Morgan fingerprint density at radius 2 is 1.42 bits per heavy atom. The van der Waals surface area contributed by atoms with Gasteiger partial charge in [0.25, 0.3) is 0 Å². The third-order valence-corrected chi connectivity index (χ3v) is 9.08. The van der Waals surface area contributed by atoms with Crippen LogP contribution in [0, 0.1) is 29.1 Å². The van der Waals surface area contributed by atoms with Crippen molar-refractivity contribution in [2.75, 3.05) is 0 Å². The molecular formula is C26H40. The topological polar surface area (TPSA) is 0 Å². The minimum absolute atomic E-state index is 0.681. The van der Waals surface area contributed by atoms with Crippen molar-refractivity contribution in [3.63, 3.8) is 0 Å². The van der Waals surface area contributed by atoms with Gasteiger partial charge < -0.3 is 0 Å². The molecule has 0 aromatic heterocycles. The van der Waals surface area contributed by atoms with Crippen LogP contribution in [0.5, 0.6) is 0 Å². The van der Waals surface area contributed by atoms with Crippen molar-refractivity contribution < 1.29 is 0 Å². The van der Waals surface area contributed by atoms with Crippen LogP contribution < -0.4 is 0 Å². The molecule has 1 aromatic rings. The second-order valence-electron chi connectivity index (χ2n) is 9.92. The lowest BCUT2D eigenvalue weighted by molar-refractivity contribution is -0.130. The van der Waals surface area contributed by atoms with Crippen molar-refractivity contribution in [1.82, 2.24) is 0 Å². The van der Waals surface area contributed by atoms with Crippen LogP contribution in [0.15, 0.2) is 18.2 Å². The van der Waals surface area contributed by atoms with E-state index in [1.165, 1.54) is 64.2 Å². The van der Waals surface area contributed by atoms with Gasteiger partial charge in [0.05, 0.1) is 0 Å². The Morgan fingerprint density at radius 1 is 0.808 bits per heavy atom. The van der Waals surface area contributed by atoms with Crippen LogP contribution in [-0.4, -0.2) is 0 Å². The van der Waals surface area contributed by atoms with E-state index in [4.69, 9.17) is 0 Å². The lowest BCUT2D eigenvalue weighted by Crippen LogP contribution is -2.55. The fourth-order valence-electron chi connectivity index (χ4n) is 8.29. The highest BCUT2D eigenvalue weighted by Crippen LogP contribution is 2.66. The molecule has 144 valence electrons. The van der Waals surface area contributed by atoms with Crippen molar-refractivity contribution in [1.29, 1.82) is 0 Å². The Hall–Kier alpha value is -0.780. The first kappa shape index (κ1) is 18.6. The smallest absolute Gasteiger partial charge is 0.0151 e. The summed E-state index contributed by atoms with van der Waals surface area (Å²) in [4.78, 5) is 0.